The molecule has 9 nitrogen and oxygen atoms in total. The van der Waals surface area contributed by atoms with Crippen LogP contribution in [0.15, 0.2) is 60.7 Å². The van der Waals surface area contributed by atoms with Gasteiger partial charge in [-0.15, -0.1) is 11.6 Å². The Morgan fingerprint density at radius 3 is 1.67 bits per heavy atom. The quantitative estimate of drug-likeness (QED) is 0.421. The first-order chi connectivity index (χ1) is 12.8. The van der Waals surface area contributed by atoms with Crippen molar-refractivity contribution in [2.75, 3.05) is 15.9 Å². The van der Waals surface area contributed by atoms with E-state index in [0.29, 0.717) is 0 Å². The van der Waals surface area contributed by atoms with Crippen molar-refractivity contribution in [2.45, 2.75) is 19.9 Å². The highest BCUT2D eigenvalue weighted by Gasteiger charge is 2.29. The Morgan fingerprint density at radius 1 is 0.926 bits per heavy atom. The number of alkyl halides is 1. The van der Waals surface area contributed by atoms with E-state index in [1.807, 2.05) is 44.2 Å². The number of halogens is 1. The Labute approximate surface area is 161 Å². The second kappa shape index (κ2) is 10.7. The summed E-state index contributed by atoms with van der Waals surface area (Å²) in [5, 5.41) is 18.1. The van der Waals surface area contributed by atoms with E-state index in [4.69, 9.17) is 11.6 Å². The molecule has 0 spiro atoms. The molecule has 0 aromatic heterocycles. The molecule has 0 atom stereocenters. The third-order valence-corrected chi connectivity index (χ3v) is 3.46. The van der Waals surface area contributed by atoms with Gasteiger partial charge in [0.2, 0.25) is 16.0 Å². The number of para-hydroxylation sites is 2. The van der Waals surface area contributed by atoms with Crippen molar-refractivity contribution in [3.63, 3.8) is 0 Å². The van der Waals surface area contributed by atoms with Crippen LogP contribution in [0.4, 0.5) is 11.4 Å². The third-order valence-electron chi connectivity index (χ3n) is 3.23. The topological polar surface area (TPSA) is 110 Å². The second-order valence-electron chi connectivity index (χ2n) is 5.43. The Bertz CT molecular complexity index is 744. The Kier molecular flexibility index (Phi) is 8.67. The number of anilines is 2. The van der Waals surface area contributed by atoms with E-state index < -0.39 is 10.1 Å². The molecule has 0 radical (unpaired) electrons. The standard InChI is InChI=1S/C11H14ClNO.C6H5N3O4/c1-9(2)13(11(14)8-12)10-6-4-3-5-7-10;10-8(11)7(9(12)13)6-4-2-1-3-5-6/h3-7,9H,8H2,1-2H3;1-5H. The van der Waals surface area contributed by atoms with Gasteiger partial charge < -0.3 is 4.90 Å². The summed E-state index contributed by atoms with van der Waals surface area (Å²) in [4.78, 5) is 33.7. The highest BCUT2D eigenvalue weighted by Crippen LogP contribution is 2.16. The average molecular weight is 395 g/mol. The van der Waals surface area contributed by atoms with Crippen molar-refractivity contribution in [1.82, 2.24) is 0 Å². The van der Waals surface area contributed by atoms with Gasteiger partial charge in [-0.1, -0.05) is 36.4 Å². The van der Waals surface area contributed by atoms with E-state index in [2.05, 4.69) is 0 Å². The lowest BCUT2D eigenvalue weighted by Crippen LogP contribution is -2.37. The maximum atomic E-state index is 11.5. The second-order valence-corrected chi connectivity index (χ2v) is 5.69. The highest BCUT2D eigenvalue weighted by atomic mass is 35.5. The van der Waals surface area contributed by atoms with Gasteiger partial charge in [-0.05, 0) is 38.1 Å². The molecule has 0 fully saturated rings. The molecule has 27 heavy (non-hydrogen) atoms. The largest absolute Gasteiger partial charge is 0.309 e. The van der Waals surface area contributed by atoms with Gasteiger partial charge in [-0.2, -0.15) is 0 Å². The van der Waals surface area contributed by atoms with Crippen molar-refractivity contribution in [2.24, 2.45) is 0 Å². The number of amides is 1. The van der Waals surface area contributed by atoms with Gasteiger partial charge in [0.15, 0.2) is 10.8 Å². The lowest BCUT2D eigenvalue weighted by molar-refractivity contribution is -0.711. The van der Waals surface area contributed by atoms with E-state index in [1.54, 1.807) is 11.0 Å². The number of benzene rings is 2. The molecule has 2 aromatic rings. The Balaban J connectivity index is 0.000000271. The van der Waals surface area contributed by atoms with Crippen LogP contribution in [-0.4, -0.2) is 27.9 Å². The summed E-state index contributed by atoms with van der Waals surface area (Å²) in [7, 11) is 0. The summed E-state index contributed by atoms with van der Waals surface area (Å²) >= 11 is 5.55. The molecule has 0 N–H and O–H groups in total. The lowest BCUT2D eigenvalue weighted by Gasteiger charge is -2.25. The van der Waals surface area contributed by atoms with E-state index in [-0.39, 0.29) is 28.6 Å². The average Bonchev–Trinajstić information content (AvgIpc) is 2.63. The number of hydrogen-bond acceptors (Lipinski definition) is 5. The molecule has 1 amide bonds. The van der Waals surface area contributed by atoms with Crippen LogP contribution in [0.25, 0.3) is 0 Å². The van der Waals surface area contributed by atoms with Crippen molar-refractivity contribution in [1.29, 1.82) is 0 Å². The fourth-order valence-corrected chi connectivity index (χ4v) is 2.32. The first-order valence-corrected chi connectivity index (χ1v) is 8.39. The minimum Gasteiger partial charge on any atom is -0.309 e. The van der Waals surface area contributed by atoms with E-state index in [1.165, 1.54) is 24.3 Å². The van der Waals surface area contributed by atoms with Gasteiger partial charge in [0, 0.05) is 11.7 Å². The predicted molar refractivity (Wildman–Crippen MR) is 103 cm³/mol. The number of carbonyl (C=O) groups is 1. The molecule has 144 valence electrons. The maximum Gasteiger partial charge on any atom is 0.242 e. The molecule has 0 saturated heterocycles. The smallest absolute Gasteiger partial charge is 0.242 e. The van der Waals surface area contributed by atoms with Crippen molar-refractivity contribution < 1.29 is 14.9 Å². The van der Waals surface area contributed by atoms with E-state index >= 15 is 0 Å². The summed E-state index contributed by atoms with van der Waals surface area (Å²) < 4.78 is 0. The van der Waals surface area contributed by atoms with E-state index in [9.17, 15) is 25.0 Å². The summed E-state index contributed by atoms with van der Waals surface area (Å²) in [5.74, 6) is -0.0413. The van der Waals surface area contributed by atoms with Crippen LogP contribution in [-0.2, 0) is 4.79 Å². The minimum absolute atomic E-state index is 0.0209. The summed E-state index contributed by atoms with van der Waals surface area (Å²) in [6.07, 6.45) is 0. The number of nitrogens with zero attached hydrogens (tertiary/aromatic N) is 4. The van der Waals surface area contributed by atoms with Crippen LogP contribution in [0, 0.1) is 20.2 Å². The molecule has 0 bridgehead atoms. The molecule has 0 heterocycles. The first kappa shape index (κ1) is 21.8. The predicted octanol–water partition coefficient (Wildman–Crippen LogP) is 3.54. The molecular weight excluding hydrogens is 376 g/mol. The normalized spacial score (nSPS) is 9.78. The first-order valence-electron chi connectivity index (χ1n) is 7.86. The minimum atomic E-state index is -1.09. The number of carbonyl (C=O) groups excluding carboxylic acids is 1. The number of nitro groups is 2. The van der Waals surface area contributed by atoms with Crippen LogP contribution in [0.1, 0.15) is 13.8 Å². The fourth-order valence-electron chi connectivity index (χ4n) is 2.19. The molecule has 0 aliphatic rings. The zero-order valence-corrected chi connectivity index (χ0v) is 15.5. The zero-order chi connectivity index (χ0) is 20.4. The monoisotopic (exact) mass is 394 g/mol. The Hall–Kier alpha value is -3.20. The van der Waals surface area contributed by atoms with Crippen LogP contribution in [0.5, 0.6) is 0 Å². The molecular formula is C17H19ClN4O5. The highest BCUT2D eigenvalue weighted by molar-refractivity contribution is 6.29. The van der Waals surface area contributed by atoms with Gasteiger partial charge in [-0.25, -0.2) is 20.2 Å². The number of hydrogen-bond donors (Lipinski definition) is 0. The Morgan fingerprint density at radius 2 is 1.33 bits per heavy atom. The molecule has 0 aliphatic heterocycles. The van der Waals surface area contributed by atoms with Gasteiger partial charge in [0.1, 0.15) is 5.88 Å². The summed E-state index contributed by atoms with van der Waals surface area (Å²) in [5.41, 5.74) is 0.811. The zero-order valence-electron chi connectivity index (χ0n) is 14.8. The molecule has 0 saturated carbocycles. The molecule has 0 unspecified atom stereocenters. The van der Waals surface area contributed by atoms with E-state index in [0.717, 1.165) is 5.69 Å². The van der Waals surface area contributed by atoms with Gasteiger partial charge in [0.05, 0.1) is 0 Å². The van der Waals surface area contributed by atoms with Crippen LogP contribution in [0.3, 0.4) is 0 Å². The van der Waals surface area contributed by atoms with Crippen molar-refractivity contribution in [3.05, 3.63) is 80.9 Å². The van der Waals surface area contributed by atoms with Crippen molar-refractivity contribution in [3.8, 4) is 0 Å². The molecule has 2 aromatic carbocycles. The van der Waals surface area contributed by atoms with Gasteiger partial charge in [-0.3, -0.25) is 4.79 Å². The van der Waals surface area contributed by atoms with Gasteiger partial charge in [0.25, 0.3) is 0 Å². The SMILES string of the molecule is CC(C)N(C(=O)CCl)c1ccccc1.O=[N+]([O-])N(c1ccccc1)[N+](=O)[O-]. The third kappa shape index (κ3) is 6.55. The van der Waals surface area contributed by atoms with Crippen LogP contribution in [0.2, 0.25) is 0 Å². The van der Waals surface area contributed by atoms with Crippen LogP contribution >= 0.6 is 11.6 Å². The number of hydrazine groups is 2. The van der Waals surface area contributed by atoms with Crippen molar-refractivity contribution >= 4 is 28.9 Å². The van der Waals surface area contributed by atoms with Crippen LogP contribution < -0.4 is 10.0 Å². The number of rotatable bonds is 6. The lowest BCUT2D eigenvalue weighted by atomic mass is 10.2. The fraction of sp³-hybridized carbons (Fsp3) is 0.235. The molecule has 0 aliphatic carbocycles. The molecule has 2 rings (SSSR count). The maximum absolute atomic E-state index is 11.5. The summed E-state index contributed by atoms with van der Waals surface area (Å²) in [6, 6.07) is 16.8. The summed E-state index contributed by atoms with van der Waals surface area (Å²) in [6.45, 7) is 3.94. The molecule has 10 heteroatoms. The van der Waals surface area contributed by atoms with Gasteiger partial charge >= 0.3 is 0 Å².